The lowest BCUT2D eigenvalue weighted by Crippen LogP contribution is -2.46. The van der Waals surface area contributed by atoms with Gasteiger partial charge < -0.3 is 9.88 Å². The number of imidazole rings is 1. The summed E-state index contributed by atoms with van der Waals surface area (Å²) in [6, 6.07) is 6.39. The van der Waals surface area contributed by atoms with Gasteiger partial charge in [-0.05, 0) is 44.6 Å². The zero-order valence-corrected chi connectivity index (χ0v) is 16.4. The normalized spacial score (nSPS) is 17.7. The number of benzene rings is 1. The molecule has 1 aliphatic carbocycles. The highest BCUT2D eigenvalue weighted by molar-refractivity contribution is 5.82. The van der Waals surface area contributed by atoms with Crippen molar-refractivity contribution in [3.63, 3.8) is 0 Å². The van der Waals surface area contributed by atoms with Crippen molar-refractivity contribution in [3.8, 4) is 0 Å². The number of carbonyl (C=O) groups is 1. The van der Waals surface area contributed by atoms with Gasteiger partial charge in [0, 0.05) is 19.0 Å². The third kappa shape index (κ3) is 4.21. The Morgan fingerprint density at radius 1 is 1.26 bits per heavy atom. The standard InChI is InChI=1S/C21H29FN4O/c1-25(2)19(18-13-23-15-26(18)3)20(27)24-14-21(11-5-4-6-12-21)16-7-9-17(22)10-8-16/h7-10,13,15,19H,4-6,11-12,14H2,1-3H3,(H,24,27)/t19-/m0/s1. The van der Waals surface area contributed by atoms with E-state index in [1.54, 1.807) is 12.5 Å². The van der Waals surface area contributed by atoms with E-state index in [1.165, 1.54) is 18.6 Å². The summed E-state index contributed by atoms with van der Waals surface area (Å²) in [5.74, 6) is -0.256. The molecule has 2 aromatic rings. The van der Waals surface area contributed by atoms with Crippen molar-refractivity contribution in [1.29, 1.82) is 0 Å². The number of rotatable bonds is 6. The second kappa shape index (κ2) is 8.21. The van der Waals surface area contributed by atoms with Crippen LogP contribution in [0.1, 0.15) is 49.4 Å². The highest BCUT2D eigenvalue weighted by atomic mass is 19.1. The van der Waals surface area contributed by atoms with Crippen LogP contribution in [0.15, 0.2) is 36.8 Å². The molecule has 1 atom stereocenters. The smallest absolute Gasteiger partial charge is 0.243 e. The maximum absolute atomic E-state index is 13.4. The zero-order valence-electron chi connectivity index (χ0n) is 16.4. The molecule has 1 heterocycles. The molecule has 6 heteroatoms. The Balaban J connectivity index is 1.79. The maximum atomic E-state index is 13.4. The lowest BCUT2D eigenvalue weighted by atomic mass is 9.69. The molecule has 3 rings (SSSR count). The summed E-state index contributed by atoms with van der Waals surface area (Å²) in [6.45, 7) is 0.569. The minimum atomic E-state index is -0.397. The molecular formula is C21H29FN4O. The number of amides is 1. The Bertz CT molecular complexity index is 763. The molecule has 1 aromatic heterocycles. The summed E-state index contributed by atoms with van der Waals surface area (Å²) >= 11 is 0. The van der Waals surface area contributed by atoms with E-state index in [9.17, 15) is 9.18 Å². The molecule has 1 fully saturated rings. The molecule has 0 unspecified atom stereocenters. The third-order valence-corrected chi connectivity index (χ3v) is 5.77. The molecule has 1 amide bonds. The zero-order chi connectivity index (χ0) is 19.4. The average Bonchev–Trinajstić information content (AvgIpc) is 3.07. The largest absolute Gasteiger partial charge is 0.353 e. The molecule has 1 saturated carbocycles. The molecule has 1 aliphatic rings. The van der Waals surface area contributed by atoms with Crippen molar-refractivity contribution in [2.24, 2.45) is 7.05 Å². The summed E-state index contributed by atoms with van der Waals surface area (Å²) in [7, 11) is 5.69. The van der Waals surface area contributed by atoms with Crippen molar-refractivity contribution >= 4 is 5.91 Å². The van der Waals surface area contributed by atoms with Gasteiger partial charge in [0.1, 0.15) is 11.9 Å². The summed E-state index contributed by atoms with van der Waals surface area (Å²) in [6.07, 6.45) is 8.94. The van der Waals surface area contributed by atoms with Crippen LogP contribution in [0.2, 0.25) is 0 Å². The number of hydrogen-bond donors (Lipinski definition) is 1. The van der Waals surface area contributed by atoms with E-state index < -0.39 is 6.04 Å². The van der Waals surface area contributed by atoms with E-state index in [0.717, 1.165) is 36.9 Å². The Morgan fingerprint density at radius 3 is 2.48 bits per heavy atom. The fraction of sp³-hybridized carbons (Fsp3) is 0.524. The molecule has 146 valence electrons. The van der Waals surface area contributed by atoms with E-state index in [1.807, 2.05) is 42.7 Å². The van der Waals surface area contributed by atoms with Crippen LogP contribution in [0.3, 0.4) is 0 Å². The van der Waals surface area contributed by atoms with Crippen molar-refractivity contribution in [2.75, 3.05) is 20.6 Å². The van der Waals surface area contributed by atoms with Gasteiger partial charge in [0.15, 0.2) is 0 Å². The Labute approximate surface area is 160 Å². The minimum absolute atomic E-state index is 0.0318. The van der Waals surface area contributed by atoms with E-state index in [2.05, 4.69) is 10.3 Å². The molecule has 0 bridgehead atoms. The van der Waals surface area contributed by atoms with Crippen molar-refractivity contribution in [1.82, 2.24) is 19.8 Å². The predicted molar refractivity (Wildman–Crippen MR) is 104 cm³/mol. The van der Waals surface area contributed by atoms with Crippen molar-refractivity contribution in [2.45, 2.75) is 43.6 Å². The molecule has 27 heavy (non-hydrogen) atoms. The summed E-state index contributed by atoms with van der Waals surface area (Å²) < 4.78 is 15.3. The number of halogens is 1. The van der Waals surface area contributed by atoms with Crippen LogP contribution in [0.25, 0.3) is 0 Å². The average molecular weight is 372 g/mol. The molecular weight excluding hydrogens is 343 g/mol. The molecule has 1 aromatic carbocycles. The topological polar surface area (TPSA) is 50.2 Å². The van der Waals surface area contributed by atoms with Gasteiger partial charge in [-0.25, -0.2) is 9.37 Å². The molecule has 5 nitrogen and oxygen atoms in total. The number of aryl methyl sites for hydroxylation is 1. The number of nitrogens with zero attached hydrogens (tertiary/aromatic N) is 3. The lowest BCUT2D eigenvalue weighted by Gasteiger charge is -2.38. The van der Waals surface area contributed by atoms with Gasteiger partial charge in [-0.3, -0.25) is 9.69 Å². The van der Waals surface area contributed by atoms with Gasteiger partial charge in [0.05, 0.1) is 18.2 Å². The Morgan fingerprint density at radius 2 is 1.93 bits per heavy atom. The van der Waals surface area contributed by atoms with Crippen LogP contribution in [-0.4, -0.2) is 41.0 Å². The first-order valence-electron chi connectivity index (χ1n) is 9.59. The number of hydrogen-bond acceptors (Lipinski definition) is 3. The van der Waals surface area contributed by atoms with Crippen LogP contribution in [0, 0.1) is 5.82 Å². The monoisotopic (exact) mass is 372 g/mol. The van der Waals surface area contributed by atoms with Gasteiger partial charge >= 0.3 is 0 Å². The number of aromatic nitrogens is 2. The third-order valence-electron chi connectivity index (χ3n) is 5.77. The second-order valence-corrected chi connectivity index (χ2v) is 7.86. The highest BCUT2D eigenvalue weighted by Gasteiger charge is 2.35. The lowest BCUT2D eigenvalue weighted by molar-refractivity contribution is -0.126. The number of carbonyl (C=O) groups excluding carboxylic acids is 1. The van der Waals surface area contributed by atoms with Gasteiger partial charge in [-0.15, -0.1) is 0 Å². The van der Waals surface area contributed by atoms with Crippen molar-refractivity contribution in [3.05, 3.63) is 53.9 Å². The second-order valence-electron chi connectivity index (χ2n) is 7.86. The van der Waals surface area contributed by atoms with Crippen molar-refractivity contribution < 1.29 is 9.18 Å². The van der Waals surface area contributed by atoms with Gasteiger partial charge in [-0.2, -0.15) is 0 Å². The molecule has 0 radical (unpaired) electrons. The Kier molecular flexibility index (Phi) is 5.95. The summed E-state index contributed by atoms with van der Waals surface area (Å²) in [5.41, 5.74) is 1.85. The molecule has 0 spiro atoms. The predicted octanol–water partition coefficient (Wildman–Crippen LogP) is 3.18. The van der Waals surface area contributed by atoms with Crippen LogP contribution in [0.5, 0.6) is 0 Å². The van der Waals surface area contributed by atoms with Gasteiger partial charge in [0.2, 0.25) is 5.91 Å². The fourth-order valence-corrected chi connectivity index (χ4v) is 4.22. The van der Waals surface area contributed by atoms with E-state index >= 15 is 0 Å². The van der Waals surface area contributed by atoms with E-state index in [-0.39, 0.29) is 17.1 Å². The first-order valence-corrected chi connectivity index (χ1v) is 9.59. The van der Waals surface area contributed by atoms with Crippen LogP contribution in [-0.2, 0) is 17.3 Å². The maximum Gasteiger partial charge on any atom is 0.243 e. The Hall–Kier alpha value is -2.21. The fourth-order valence-electron chi connectivity index (χ4n) is 4.22. The number of likely N-dealkylation sites (N-methyl/N-ethyl adjacent to an activating group) is 1. The van der Waals surface area contributed by atoms with E-state index in [4.69, 9.17) is 0 Å². The first kappa shape index (κ1) is 19.5. The highest BCUT2D eigenvalue weighted by Crippen LogP contribution is 2.39. The van der Waals surface area contributed by atoms with Crippen LogP contribution < -0.4 is 5.32 Å². The first-order chi connectivity index (χ1) is 12.9. The molecule has 0 saturated heterocycles. The van der Waals surface area contributed by atoms with E-state index in [0.29, 0.717) is 6.54 Å². The molecule has 1 N–H and O–H groups in total. The van der Waals surface area contributed by atoms with Crippen LogP contribution >= 0.6 is 0 Å². The van der Waals surface area contributed by atoms with Gasteiger partial charge in [-0.1, -0.05) is 31.4 Å². The molecule has 0 aliphatic heterocycles. The van der Waals surface area contributed by atoms with Gasteiger partial charge in [0.25, 0.3) is 0 Å². The minimum Gasteiger partial charge on any atom is -0.353 e. The summed E-state index contributed by atoms with van der Waals surface area (Å²) in [4.78, 5) is 19.1. The quantitative estimate of drug-likeness (QED) is 0.847. The summed E-state index contributed by atoms with van der Waals surface area (Å²) in [5, 5.41) is 3.19. The SMILES string of the molecule is CN(C)[C@H](C(=O)NCC1(c2ccc(F)cc2)CCCCC1)c1cncn1C. The van der Waals surface area contributed by atoms with Crippen LogP contribution in [0.4, 0.5) is 4.39 Å². The number of nitrogens with one attached hydrogen (secondary N) is 1.